The van der Waals surface area contributed by atoms with Crippen molar-refractivity contribution in [2.75, 3.05) is 11.9 Å². The molecule has 1 amide bonds. The van der Waals surface area contributed by atoms with Crippen LogP contribution in [0.5, 0.6) is 0 Å². The van der Waals surface area contributed by atoms with Crippen LogP contribution in [-0.2, 0) is 4.74 Å². The van der Waals surface area contributed by atoms with Crippen LogP contribution in [0.15, 0.2) is 24.3 Å². The molecule has 0 unspecified atom stereocenters. The molecule has 0 radical (unpaired) electrons. The third-order valence-corrected chi connectivity index (χ3v) is 4.96. The van der Waals surface area contributed by atoms with Crippen molar-refractivity contribution < 1.29 is 14.3 Å². The molecule has 7 heteroatoms. The number of nitrogens with zero attached hydrogens (tertiary/aromatic N) is 1. The molecule has 1 aromatic carbocycles. The SMILES string of the molecule is CCOC(=O)c1sc(NC(=O)c2ccc(I)cc2)c(C#N)c1C. The Kier molecular flexibility index (Phi) is 5.74. The van der Waals surface area contributed by atoms with Crippen LogP contribution in [0.25, 0.3) is 0 Å². The number of halogens is 1. The highest BCUT2D eigenvalue weighted by molar-refractivity contribution is 14.1. The van der Waals surface area contributed by atoms with E-state index in [1.54, 1.807) is 26.0 Å². The fourth-order valence-corrected chi connectivity index (χ4v) is 3.31. The molecule has 1 heterocycles. The molecule has 0 saturated carbocycles. The summed E-state index contributed by atoms with van der Waals surface area (Å²) in [6, 6.07) is 9.09. The highest BCUT2D eigenvalue weighted by Crippen LogP contribution is 2.33. The minimum absolute atomic E-state index is 0.252. The predicted molar refractivity (Wildman–Crippen MR) is 96.8 cm³/mol. The predicted octanol–water partition coefficient (Wildman–Crippen LogP) is 3.96. The number of esters is 1. The van der Waals surface area contributed by atoms with Crippen LogP contribution in [0.1, 0.15) is 38.1 Å². The maximum Gasteiger partial charge on any atom is 0.348 e. The monoisotopic (exact) mass is 440 g/mol. The van der Waals surface area contributed by atoms with Crippen LogP contribution in [0.2, 0.25) is 0 Å². The number of carbonyl (C=O) groups excluding carboxylic acids is 2. The zero-order valence-corrected chi connectivity index (χ0v) is 15.4. The number of rotatable bonds is 4. The Hall–Kier alpha value is -1.92. The first-order valence-electron chi connectivity index (χ1n) is 6.75. The number of benzene rings is 1. The Morgan fingerprint density at radius 1 is 1.35 bits per heavy atom. The molecule has 0 aliphatic heterocycles. The first kappa shape index (κ1) is 17.4. The van der Waals surface area contributed by atoms with Crippen molar-refractivity contribution in [2.45, 2.75) is 13.8 Å². The molecule has 0 aliphatic carbocycles. The van der Waals surface area contributed by atoms with Crippen molar-refractivity contribution in [3.05, 3.63) is 49.4 Å². The normalized spacial score (nSPS) is 10.0. The van der Waals surface area contributed by atoms with Crippen LogP contribution in [0.4, 0.5) is 5.00 Å². The van der Waals surface area contributed by atoms with Gasteiger partial charge in [-0.1, -0.05) is 0 Å². The molecule has 0 aliphatic rings. The van der Waals surface area contributed by atoms with E-state index in [0.717, 1.165) is 14.9 Å². The smallest absolute Gasteiger partial charge is 0.348 e. The number of nitrogens with one attached hydrogen (secondary N) is 1. The molecule has 0 bridgehead atoms. The second-order valence-corrected chi connectivity index (χ2v) is 6.82. The lowest BCUT2D eigenvalue weighted by Gasteiger charge is -2.03. The first-order chi connectivity index (χ1) is 11.0. The van der Waals surface area contributed by atoms with Gasteiger partial charge in [-0.05, 0) is 66.3 Å². The molecule has 2 rings (SSSR count). The molecule has 23 heavy (non-hydrogen) atoms. The molecule has 1 aromatic heterocycles. The molecule has 0 saturated heterocycles. The lowest BCUT2D eigenvalue weighted by Crippen LogP contribution is -2.11. The zero-order valence-electron chi connectivity index (χ0n) is 12.5. The Balaban J connectivity index is 2.31. The lowest BCUT2D eigenvalue weighted by molar-refractivity contribution is 0.0531. The lowest BCUT2D eigenvalue weighted by atomic mass is 10.1. The van der Waals surface area contributed by atoms with Crippen LogP contribution in [0, 0.1) is 21.8 Å². The van der Waals surface area contributed by atoms with Crippen LogP contribution < -0.4 is 5.32 Å². The molecule has 2 aromatic rings. The number of anilines is 1. The summed E-state index contributed by atoms with van der Waals surface area (Å²) >= 11 is 3.21. The minimum atomic E-state index is -0.485. The molecule has 1 N–H and O–H groups in total. The number of ether oxygens (including phenoxy) is 1. The fourth-order valence-electron chi connectivity index (χ4n) is 1.90. The Morgan fingerprint density at radius 2 is 2.00 bits per heavy atom. The van der Waals surface area contributed by atoms with Gasteiger partial charge < -0.3 is 10.1 Å². The van der Waals surface area contributed by atoms with E-state index in [1.807, 2.05) is 18.2 Å². The summed E-state index contributed by atoms with van der Waals surface area (Å²) in [7, 11) is 0. The van der Waals surface area contributed by atoms with Crippen molar-refractivity contribution in [2.24, 2.45) is 0 Å². The molecular formula is C16H13IN2O3S. The van der Waals surface area contributed by atoms with E-state index in [0.29, 0.717) is 21.0 Å². The average molecular weight is 440 g/mol. The number of carbonyl (C=O) groups is 2. The van der Waals surface area contributed by atoms with Gasteiger partial charge in [-0.25, -0.2) is 4.79 Å². The molecule has 5 nitrogen and oxygen atoms in total. The molecule has 118 valence electrons. The Bertz CT molecular complexity index is 791. The third-order valence-electron chi connectivity index (χ3n) is 3.05. The number of thiophene rings is 1. The van der Waals surface area contributed by atoms with Gasteiger partial charge in [0.25, 0.3) is 5.91 Å². The minimum Gasteiger partial charge on any atom is -0.462 e. The summed E-state index contributed by atoms with van der Waals surface area (Å²) in [6.07, 6.45) is 0. The molecular weight excluding hydrogens is 427 g/mol. The van der Waals surface area contributed by atoms with Crippen molar-refractivity contribution in [3.8, 4) is 6.07 Å². The summed E-state index contributed by atoms with van der Waals surface area (Å²) in [6.45, 7) is 3.63. The van der Waals surface area contributed by atoms with E-state index >= 15 is 0 Å². The zero-order chi connectivity index (χ0) is 17.0. The third kappa shape index (κ3) is 3.89. The summed E-state index contributed by atoms with van der Waals surface area (Å²) in [5.41, 5.74) is 1.30. The highest BCUT2D eigenvalue weighted by Gasteiger charge is 2.22. The Morgan fingerprint density at radius 3 is 2.57 bits per heavy atom. The second-order valence-electron chi connectivity index (χ2n) is 4.55. The van der Waals surface area contributed by atoms with Gasteiger partial charge in [0, 0.05) is 9.13 Å². The van der Waals surface area contributed by atoms with E-state index in [9.17, 15) is 14.9 Å². The van der Waals surface area contributed by atoms with E-state index < -0.39 is 5.97 Å². The number of hydrogen-bond acceptors (Lipinski definition) is 5. The summed E-state index contributed by atoms with van der Waals surface area (Å²) < 4.78 is 5.99. The second kappa shape index (κ2) is 7.57. The number of nitriles is 1. The number of amides is 1. The van der Waals surface area contributed by atoms with Crippen molar-refractivity contribution in [1.29, 1.82) is 5.26 Å². The topological polar surface area (TPSA) is 79.2 Å². The van der Waals surface area contributed by atoms with E-state index in [2.05, 4.69) is 27.9 Å². The summed E-state index contributed by atoms with van der Waals surface area (Å²) in [4.78, 5) is 24.5. The van der Waals surface area contributed by atoms with Gasteiger partial charge in [0.05, 0.1) is 12.2 Å². The highest BCUT2D eigenvalue weighted by atomic mass is 127. The fraction of sp³-hybridized carbons (Fsp3) is 0.188. The largest absolute Gasteiger partial charge is 0.462 e. The standard InChI is InChI=1S/C16H13IN2O3S/c1-3-22-16(21)13-9(2)12(8-18)15(23-13)19-14(20)10-4-6-11(17)7-5-10/h4-7H,3H2,1-2H3,(H,19,20). The summed E-state index contributed by atoms with van der Waals surface area (Å²) in [5.74, 6) is -0.809. The van der Waals surface area contributed by atoms with Gasteiger partial charge in [0.15, 0.2) is 0 Å². The molecule has 0 atom stereocenters. The van der Waals surface area contributed by atoms with Crippen molar-refractivity contribution in [1.82, 2.24) is 0 Å². The Labute approximate surface area is 151 Å². The first-order valence-corrected chi connectivity index (χ1v) is 8.65. The summed E-state index contributed by atoms with van der Waals surface area (Å²) in [5, 5.41) is 12.4. The van der Waals surface area contributed by atoms with E-state index in [4.69, 9.17) is 4.74 Å². The van der Waals surface area contributed by atoms with Crippen molar-refractivity contribution in [3.63, 3.8) is 0 Å². The van der Waals surface area contributed by atoms with Crippen molar-refractivity contribution >= 4 is 50.8 Å². The van der Waals surface area contributed by atoms with Crippen LogP contribution in [-0.4, -0.2) is 18.5 Å². The van der Waals surface area contributed by atoms with Gasteiger partial charge in [-0.15, -0.1) is 11.3 Å². The van der Waals surface area contributed by atoms with Gasteiger partial charge in [0.2, 0.25) is 0 Å². The van der Waals surface area contributed by atoms with Gasteiger partial charge in [0.1, 0.15) is 15.9 Å². The average Bonchev–Trinajstić information content (AvgIpc) is 2.84. The maximum atomic E-state index is 12.3. The maximum absolute atomic E-state index is 12.3. The van der Waals surface area contributed by atoms with Crippen LogP contribution >= 0.6 is 33.9 Å². The van der Waals surface area contributed by atoms with Gasteiger partial charge in [-0.3, -0.25) is 4.79 Å². The van der Waals surface area contributed by atoms with E-state index in [-0.39, 0.29) is 18.1 Å². The van der Waals surface area contributed by atoms with Gasteiger partial charge >= 0.3 is 5.97 Å². The number of hydrogen-bond donors (Lipinski definition) is 1. The van der Waals surface area contributed by atoms with Crippen LogP contribution in [0.3, 0.4) is 0 Å². The molecule has 0 fully saturated rings. The van der Waals surface area contributed by atoms with Gasteiger partial charge in [-0.2, -0.15) is 5.26 Å². The van der Waals surface area contributed by atoms with E-state index in [1.165, 1.54) is 0 Å². The quantitative estimate of drug-likeness (QED) is 0.577. The molecule has 0 spiro atoms.